The van der Waals surface area contributed by atoms with Gasteiger partial charge >= 0.3 is 0 Å². The Kier molecular flexibility index (Phi) is 5.18. The summed E-state index contributed by atoms with van der Waals surface area (Å²) in [5, 5.41) is 15.1. The van der Waals surface area contributed by atoms with Gasteiger partial charge in [-0.05, 0) is 37.1 Å². The van der Waals surface area contributed by atoms with Crippen LogP contribution in [0.1, 0.15) is 46.0 Å². The van der Waals surface area contributed by atoms with Crippen molar-refractivity contribution < 1.29 is 4.79 Å². The molecule has 1 aromatic rings. The summed E-state index contributed by atoms with van der Waals surface area (Å²) in [7, 11) is 0. The summed E-state index contributed by atoms with van der Waals surface area (Å²) in [6, 6.07) is 0.353. The predicted octanol–water partition coefficient (Wildman–Crippen LogP) is 1.62. The minimum Gasteiger partial charge on any atom is -0.352 e. The van der Waals surface area contributed by atoms with Crippen LogP contribution in [0.4, 0.5) is 0 Å². The topological polar surface area (TPSA) is 72.7 Å². The first-order valence-electron chi connectivity index (χ1n) is 6.94. The summed E-state index contributed by atoms with van der Waals surface area (Å²) in [6.07, 6.45) is 5.95. The molecular formula is C12H21N5OS. The van der Waals surface area contributed by atoms with Gasteiger partial charge in [0.05, 0.1) is 5.25 Å². The molecule has 1 aromatic heterocycles. The van der Waals surface area contributed by atoms with Gasteiger partial charge < -0.3 is 5.32 Å². The Bertz CT molecular complexity index is 416. The van der Waals surface area contributed by atoms with Crippen molar-refractivity contribution in [2.75, 3.05) is 0 Å². The van der Waals surface area contributed by atoms with Crippen LogP contribution in [0.3, 0.4) is 0 Å². The van der Waals surface area contributed by atoms with Crippen molar-refractivity contribution in [2.24, 2.45) is 0 Å². The molecule has 1 saturated carbocycles. The highest BCUT2D eigenvalue weighted by Crippen LogP contribution is 2.22. The Hall–Kier alpha value is -1.11. The molecule has 0 saturated heterocycles. The molecular weight excluding hydrogens is 262 g/mol. The normalized spacial score (nSPS) is 18.2. The molecule has 6 nitrogen and oxygen atoms in total. The van der Waals surface area contributed by atoms with E-state index in [1.165, 1.54) is 31.0 Å². The van der Waals surface area contributed by atoms with E-state index in [4.69, 9.17) is 0 Å². The van der Waals surface area contributed by atoms with Crippen LogP contribution in [0.5, 0.6) is 0 Å². The van der Waals surface area contributed by atoms with Gasteiger partial charge in [-0.3, -0.25) is 4.79 Å². The van der Waals surface area contributed by atoms with E-state index in [9.17, 15) is 4.79 Å². The Morgan fingerprint density at radius 1 is 1.47 bits per heavy atom. The van der Waals surface area contributed by atoms with E-state index in [1.807, 2.05) is 13.8 Å². The number of hydrogen-bond donors (Lipinski definition) is 1. The maximum atomic E-state index is 12.1. The number of tetrazole rings is 1. The van der Waals surface area contributed by atoms with Crippen LogP contribution in [0.2, 0.25) is 0 Å². The van der Waals surface area contributed by atoms with E-state index in [0.717, 1.165) is 12.8 Å². The quantitative estimate of drug-likeness (QED) is 0.831. The molecule has 0 spiro atoms. The standard InChI is InChI=1S/C12H21N5OS/c1-3-17-12(14-15-16-17)19-9(2)11(18)13-10-7-5-4-6-8-10/h9-10H,3-8H2,1-2H3,(H,13,18). The van der Waals surface area contributed by atoms with Crippen LogP contribution >= 0.6 is 11.8 Å². The van der Waals surface area contributed by atoms with Crippen molar-refractivity contribution in [1.82, 2.24) is 25.5 Å². The van der Waals surface area contributed by atoms with Crippen LogP contribution in [-0.2, 0) is 11.3 Å². The van der Waals surface area contributed by atoms with E-state index in [1.54, 1.807) is 4.68 Å². The van der Waals surface area contributed by atoms with Crippen LogP contribution in [-0.4, -0.2) is 37.4 Å². The maximum Gasteiger partial charge on any atom is 0.233 e. The molecule has 7 heteroatoms. The smallest absolute Gasteiger partial charge is 0.233 e. The number of aromatic nitrogens is 4. The van der Waals surface area contributed by atoms with Gasteiger partial charge in [-0.1, -0.05) is 31.0 Å². The van der Waals surface area contributed by atoms with Crippen LogP contribution in [0.15, 0.2) is 5.16 Å². The third-order valence-electron chi connectivity index (χ3n) is 3.40. The first-order valence-corrected chi connectivity index (χ1v) is 7.82. The summed E-state index contributed by atoms with van der Waals surface area (Å²) in [6.45, 7) is 4.59. The Morgan fingerprint density at radius 2 is 2.21 bits per heavy atom. The van der Waals surface area contributed by atoms with Crippen molar-refractivity contribution in [2.45, 2.75) is 68.9 Å². The zero-order valence-corrected chi connectivity index (χ0v) is 12.3. The zero-order chi connectivity index (χ0) is 13.7. The monoisotopic (exact) mass is 283 g/mol. The molecule has 0 radical (unpaired) electrons. The predicted molar refractivity (Wildman–Crippen MR) is 73.8 cm³/mol. The van der Waals surface area contributed by atoms with Crippen molar-refractivity contribution >= 4 is 17.7 Å². The average molecular weight is 283 g/mol. The molecule has 106 valence electrons. The highest BCUT2D eigenvalue weighted by Gasteiger charge is 2.22. The van der Waals surface area contributed by atoms with Gasteiger partial charge in [0.2, 0.25) is 11.1 Å². The largest absolute Gasteiger partial charge is 0.352 e. The van der Waals surface area contributed by atoms with Crippen molar-refractivity contribution in [3.8, 4) is 0 Å². The molecule has 0 aromatic carbocycles. The SMILES string of the molecule is CCn1nnnc1SC(C)C(=O)NC1CCCCC1. The number of nitrogens with one attached hydrogen (secondary N) is 1. The van der Waals surface area contributed by atoms with E-state index >= 15 is 0 Å². The Balaban J connectivity index is 1.85. The van der Waals surface area contributed by atoms with E-state index in [0.29, 0.717) is 17.7 Å². The number of aryl methyl sites for hydroxylation is 1. The van der Waals surface area contributed by atoms with Crippen molar-refractivity contribution in [3.63, 3.8) is 0 Å². The first kappa shape index (κ1) is 14.3. The van der Waals surface area contributed by atoms with E-state index < -0.39 is 0 Å². The third-order valence-corrected chi connectivity index (χ3v) is 4.47. The van der Waals surface area contributed by atoms with Gasteiger partial charge in [0, 0.05) is 12.6 Å². The molecule has 1 aliphatic rings. The fraction of sp³-hybridized carbons (Fsp3) is 0.833. The molecule has 1 N–H and O–H groups in total. The number of rotatable bonds is 5. The number of carbonyl (C=O) groups excluding carboxylic acids is 1. The van der Waals surface area contributed by atoms with Gasteiger partial charge in [-0.2, -0.15) is 0 Å². The second-order valence-corrected chi connectivity index (χ2v) is 6.19. The van der Waals surface area contributed by atoms with Gasteiger partial charge in [-0.25, -0.2) is 4.68 Å². The van der Waals surface area contributed by atoms with E-state index in [2.05, 4.69) is 20.8 Å². The van der Waals surface area contributed by atoms with Crippen LogP contribution in [0, 0.1) is 0 Å². The summed E-state index contributed by atoms with van der Waals surface area (Å²) in [5.41, 5.74) is 0. The summed E-state index contributed by atoms with van der Waals surface area (Å²) in [4.78, 5) is 12.1. The lowest BCUT2D eigenvalue weighted by Gasteiger charge is -2.24. The van der Waals surface area contributed by atoms with Gasteiger partial charge in [0.1, 0.15) is 0 Å². The zero-order valence-electron chi connectivity index (χ0n) is 11.5. The first-order chi connectivity index (χ1) is 9.20. The Morgan fingerprint density at radius 3 is 2.89 bits per heavy atom. The van der Waals surface area contributed by atoms with Gasteiger partial charge in [0.25, 0.3) is 0 Å². The van der Waals surface area contributed by atoms with Crippen molar-refractivity contribution in [3.05, 3.63) is 0 Å². The molecule has 1 fully saturated rings. The molecule has 1 amide bonds. The van der Waals surface area contributed by atoms with Crippen molar-refractivity contribution in [1.29, 1.82) is 0 Å². The third kappa shape index (κ3) is 3.92. The van der Waals surface area contributed by atoms with Crippen LogP contribution < -0.4 is 5.32 Å². The Labute approximate surface area is 117 Å². The molecule has 2 rings (SSSR count). The molecule has 19 heavy (non-hydrogen) atoms. The fourth-order valence-corrected chi connectivity index (χ4v) is 3.12. The molecule has 1 aliphatic carbocycles. The number of nitrogens with zero attached hydrogens (tertiary/aromatic N) is 4. The number of amides is 1. The molecule has 0 aliphatic heterocycles. The second-order valence-electron chi connectivity index (χ2n) is 4.88. The van der Waals surface area contributed by atoms with Gasteiger partial charge in [-0.15, -0.1) is 5.10 Å². The molecule has 0 bridgehead atoms. The summed E-state index contributed by atoms with van der Waals surface area (Å²) >= 11 is 1.41. The highest BCUT2D eigenvalue weighted by atomic mass is 32.2. The van der Waals surface area contributed by atoms with E-state index in [-0.39, 0.29) is 11.2 Å². The lowest BCUT2D eigenvalue weighted by atomic mass is 9.95. The minimum absolute atomic E-state index is 0.0857. The minimum atomic E-state index is -0.168. The molecule has 1 heterocycles. The summed E-state index contributed by atoms with van der Waals surface area (Å²) < 4.78 is 1.70. The average Bonchev–Trinajstić information content (AvgIpc) is 2.87. The van der Waals surface area contributed by atoms with Gasteiger partial charge in [0.15, 0.2) is 0 Å². The molecule has 1 atom stereocenters. The summed E-state index contributed by atoms with van der Waals surface area (Å²) in [5.74, 6) is 0.0857. The maximum absolute atomic E-state index is 12.1. The fourth-order valence-electron chi connectivity index (χ4n) is 2.26. The lowest BCUT2D eigenvalue weighted by Crippen LogP contribution is -2.40. The number of thioether (sulfide) groups is 1. The lowest BCUT2D eigenvalue weighted by molar-refractivity contribution is -0.121. The second kappa shape index (κ2) is 6.88. The molecule has 1 unspecified atom stereocenters. The number of hydrogen-bond acceptors (Lipinski definition) is 5. The highest BCUT2D eigenvalue weighted by molar-refractivity contribution is 8.00. The number of carbonyl (C=O) groups is 1. The van der Waals surface area contributed by atoms with Crippen LogP contribution in [0.25, 0.3) is 0 Å².